The van der Waals surface area contributed by atoms with Gasteiger partial charge in [-0.25, -0.2) is 9.97 Å². The first-order valence-corrected chi connectivity index (χ1v) is 9.31. The van der Waals surface area contributed by atoms with Crippen LogP contribution in [-0.2, 0) is 6.54 Å². The number of methoxy groups -OCH3 is 1. The van der Waals surface area contributed by atoms with E-state index in [-0.39, 0.29) is 11.4 Å². The maximum Gasteiger partial charge on any atom is 0.258 e. The lowest BCUT2D eigenvalue weighted by Gasteiger charge is -2.18. The van der Waals surface area contributed by atoms with Crippen LogP contribution in [0.5, 0.6) is 5.75 Å². The summed E-state index contributed by atoms with van der Waals surface area (Å²) in [6.07, 6.45) is 3.62. The fourth-order valence-electron chi connectivity index (χ4n) is 3.30. The summed E-state index contributed by atoms with van der Waals surface area (Å²) in [5, 5.41) is 4.10. The highest BCUT2D eigenvalue weighted by Gasteiger charge is 2.38. The summed E-state index contributed by atoms with van der Waals surface area (Å²) in [6.45, 7) is 4.39. The molecule has 0 unspecified atom stereocenters. The van der Waals surface area contributed by atoms with Gasteiger partial charge in [-0.2, -0.15) is 0 Å². The van der Waals surface area contributed by atoms with Crippen LogP contribution in [0.4, 0.5) is 5.82 Å². The topological polar surface area (TPSA) is 80.5 Å². The van der Waals surface area contributed by atoms with Crippen molar-refractivity contribution in [3.8, 4) is 5.75 Å². The van der Waals surface area contributed by atoms with Crippen molar-refractivity contribution in [2.45, 2.75) is 38.8 Å². The lowest BCUT2D eigenvalue weighted by atomic mass is 10.1. The number of fused-ring (bicyclic) bond motifs is 1. The van der Waals surface area contributed by atoms with Gasteiger partial charge < -0.3 is 19.4 Å². The summed E-state index contributed by atoms with van der Waals surface area (Å²) in [5.74, 6) is 1.83. The lowest BCUT2D eigenvalue weighted by molar-refractivity contribution is 0.0785. The minimum absolute atomic E-state index is 0.0271. The Labute approximate surface area is 163 Å². The van der Waals surface area contributed by atoms with Crippen molar-refractivity contribution >= 4 is 22.8 Å². The lowest BCUT2D eigenvalue weighted by Crippen LogP contribution is -2.27. The fraction of sp³-hybridized carbons (Fsp3) is 0.381. The summed E-state index contributed by atoms with van der Waals surface area (Å²) in [6, 6.07) is 7.69. The summed E-state index contributed by atoms with van der Waals surface area (Å²) in [5.41, 5.74) is 1.95. The molecule has 1 aliphatic carbocycles. The molecule has 2 aromatic heterocycles. The van der Waals surface area contributed by atoms with E-state index < -0.39 is 0 Å². The first-order valence-electron chi connectivity index (χ1n) is 9.31. The zero-order valence-electron chi connectivity index (χ0n) is 16.6. The number of carbonyl (C=O) groups excluding carboxylic acids is 1. The van der Waals surface area contributed by atoms with Gasteiger partial charge in [0.25, 0.3) is 5.91 Å². The van der Waals surface area contributed by atoms with Gasteiger partial charge in [-0.3, -0.25) is 4.79 Å². The van der Waals surface area contributed by atoms with Gasteiger partial charge >= 0.3 is 0 Å². The monoisotopic (exact) mass is 380 g/mol. The summed E-state index contributed by atoms with van der Waals surface area (Å²) < 4.78 is 11.0. The number of rotatable bonds is 6. The first-order chi connectivity index (χ1) is 13.4. The number of anilines is 1. The highest BCUT2D eigenvalue weighted by molar-refractivity contribution is 6.10. The van der Waals surface area contributed by atoms with Gasteiger partial charge in [0.05, 0.1) is 18.1 Å². The van der Waals surface area contributed by atoms with E-state index in [9.17, 15) is 4.79 Å². The Kier molecular flexibility index (Phi) is 4.45. The summed E-state index contributed by atoms with van der Waals surface area (Å²) in [7, 11) is 3.41. The quantitative estimate of drug-likeness (QED) is 0.701. The number of hydrogen-bond acceptors (Lipinski definition) is 6. The second-order valence-corrected chi connectivity index (χ2v) is 7.63. The molecule has 0 bridgehead atoms. The van der Waals surface area contributed by atoms with Crippen molar-refractivity contribution in [2.75, 3.05) is 19.5 Å². The molecule has 146 valence electrons. The fourth-order valence-corrected chi connectivity index (χ4v) is 3.30. The number of furan rings is 1. The Balaban J connectivity index is 1.67. The number of carbonyl (C=O) groups is 1. The van der Waals surface area contributed by atoms with Crippen LogP contribution in [0.15, 0.2) is 35.0 Å². The average molecular weight is 380 g/mol. The van der Waals surface area contributed by atoms with Crippen molar-refractivity contribution in [1.29, 1.82) is 0 Å². The molecule has 1 fully saturated rings. The second kappa shape index (κ2) is 6.82. The van der Waals surface area contributed by atoms with Gasteiger partial charge in [-0.1, -0.05) is 12.1 Å². The van der Waals surface area contributed by atoms with E-state index in [0.29, 0.717) is 34.8 Å². The molecule has 1 aliphatic rings. The molecule has 1 N–H and O–H groups in total. The van der Waals surface area contributed by atoms with Gasteiger partial charge in [-0.05, 0) is 44.4 Å². The number of nitrogens with one attached hydrogen (secondary N) is 1. The number of aromatic nitrogens is 2. The van der Waals surface area contributed by atoms with Crippen LogP contribution in [0.1, 0.15) is 41.4 Å². The van der Waals surface area contributed by atoms with E-state index in [4.69, 9.17) is 9.15 Å². The molecule has 0 atom stereocenters. The van der Waals surface area contributed by atoms with Gasteiger partial charge in [0.2, 0.25) is 5.71 Å². The van der Waals surface area contributed by atoms with E-state index in [1.165, 1.54) is 6.33 Å². The van der Waals surface area contributed by atoms with E-state index in [0.717, 1.165) is 24.2 Å². The van der Waals surface area contributed by atoms with Crippen LogP contribution in [0.25, 0.3) is 11.1 Å². The maximum absolute atomic E-state index is 13.3. The second-order valence-electron chi connectivity index (χ2n) is 7.63. The Bertz CT molecular complexity index is 1040. The molecule has 4 rings (SSSR count). The number of ether oxygens (including phenoxy) is 1. The normalized spacial score (nSPS) is 14.7. The standard InChI is InChI=1S/C21H24N4O3/c1-13-16(20(26)25(3)11-14-6-5-7-15(10-14)27-4)17-18(24-21(2)8-9-21)22-12-23-19(17)28-13/h5-7,10,12H,8-9,11H2,1-4H3,(H,22,23,24). The number of aryl methyl sites for hydroxylation is 1. The van der Waals surface area contributed by atoms with Crippen LogP contribution >= 0.6 is 0 Å². The van der Waals surface area contributed by atoms with E-state index >= 15 is 0 Å². The number of benzene rings is 1. The Morgan fingerprint density at radius 1 is 1.36 bits per heavy atom. The molecular weight excluding hydrogens is 356 g/mol. The van der Waals surface area contributed by atoms with Gasteiger partial charge in [-0.15, -0.1) is 0 Å². The van der Waals surface area contributed by atoms with Crippen molar-refractivity contribution < 1.29 is 13.9 Å². The number of amides is 1. The van der Waals surface area contributed by atoms with E-state index in [2.05, 4.69) is 22.2 Å². The molecule has 0 spiro atoms. The minimum atomic E-state index is -0.127. The van der Waals surface area contributed by atoms with Crippen molar-refractivity contribution in [2.24, 2.45) is 0 Å². The maximum atomic E-state index is 13.3. The molecule has 7 heteroatoms. The van der Waals surface area contributed by atoms with Crippen LogP contribution < -0.4 is 10.1 Å². The summed E-state index contributed by atoms with van der Waals surface area (Å²) in [4.78, 5) is 23.6. The molecular formula is C21H24N4O3. The molecule has 7 nitrogen and oxygen atoms in total. The van der Waals surface area contributed by atoms with E-state index in [1.54, 1.807) is 26.0 Å². The third-order valence-electron chi connectivity index (χ3n) is 5.20. The molecule has 3 aromatic rings. The Morgan fingerprint density at radius 2 is 2.14 bits per heavy atom. The van der Waals surface area contributed by atoms with E-state index in [1.807, 2.05) is 24.3 Å². The zero-order chi connectivity index (χ0) is 19.9. The number of nitrogens with zero attached hydrogens (tertiary/aromatic N) is 3. The third-order valence-corrected chi connectivity index (χ3v) is 5.20. The van der Waals surface area contributed by atoms with Crippen LogP contribution in [0.2, 0.25) is 0 Å². The largest absolute Gasteiger partial charge is 0.497 e. The minimum Gasteiger partial charge on any atom is -0.497 e. The predicted molar refractivity (Wildman–Crippen MR) is 107 cm³/mol. The highest BCUT2D eigenvalue weighted by Crippen LogP contribution is 2.40. The predicted octanol–water partition coefficient (Wildman–Crippen LogP) is 3.78. The molecule has 1 aromatic carbocycles. The molecule has 1 amide bonds. The highest BCUT2D eigenvalue weighted by atomic mass is 16.5. The molecule has 0 saturated heterocycles. The molecule has 0 radical (unpaired) electrons. The number of hydrogen-bond donors (Lipinski definition) is 1. The Morgan fingerprint density at radius 3 is 2.86 bits per heavy atom. The van der Waals surface area contributed by atoms with Gasteiger partial charge in [0.1, 0.15) is 23.7 Å². The Hall–Kier alpha value is -3.09. The SMILES string of the molecule is COc1cccc(CN(C)C(=O)c2c(C)oc3ncnc(NC4(C)CC4)c23)c1. The van der Waals surface area contributed by atoms with Crippen molar-refractivity contribution in [1.82, 2.24) is 14.9 Å². The summed E-state index contributed by atoms with van der Waals surface area (Å²) >= 11 is 0. The molecule has 2 heterocycles. The van der Waals surface area contributed by atoms with Crippen LogP contribution in [0, 0.1) is 6.92 Å². The zero-order valence-corrected chi connectivity index (χ0v) is 16.6. The molecule has 0 aliphatic heterocycles. The third kappa shape index (κ3) is 3.40. The van der Waals surface area contributed by atoms with Crippen molar-refractivity contribution in [3.63, 3.8) is 0 Å². The average Bonchev–Trinajstić information content (AvgIpc) is 3.29. The molecule has 1 saturated carbocycles. The van der Waals surface area contributed by atoms with Gasteiger partial charge in [0, 0.05) is 19.1 Å². The van der Waals surface area contributed by atoms with Gasteiger partial charge in [0.15, 0.2) is 0 Å². The first kappa shape index (κ1) is 18.3. The van der Waals surface area contributed by atoms with Crippen LogP contribution in [0.3, 0.4) is 0 Å². The van der Waals surface area contributed by atoms with Crippen molar-refractivity contribution in [3.05, 3.63) is 47.5 Å². The smallest absolute Gasteiger partial charge is 0.258 e. The van der Waals surface area contributed by atoms with Crippen LogP contribution in [-0.4, -0.2) is 40.5 Å². The molecule has 28 heavy (non-hydrogen) atoms.